The van der Waals surface area contributed by atoms with E-state index < -0.39 is 0 Å². The third-order valence-electron chi connectivity index (χ3n) is 3.36. The van der Waals surface area contributed by atoms with Crippen molar-refractivity contribution in [1.29, 1.82) is 0 Å². The number of benzene rings is 1. The van der Waals surface area contributed by atoms with Crippen LogP contribution >= 0.6 is 0 Å². The summed E-state index contributed by atoms with van der Waals surface area (Å²) in [6.07, 6.45) is 6.75. The Kier molecular flexibility index (Phi) is 3.63. The van der Waals surface area contributed by atoms with Gasteiger partial charge in [0.15, 0.2) is 0 Å². The van der Waals surface area contributed by atoms with E-state index in [9.17, 15) is 0 Å². The van der Waals surface area contributed by atoms with Crippen LogP contribution in [0.5, 0.6) is 0 Å². The molecule has 1 aromatic carbocycles. The topological polar surface area (TPSA) is 42.7 Å². The number of anilines is 1. The van der Waals surface area contributed by atoms with Gasteiger partial charge in [-0.25, -0.2) is 4.98 Å². The summed E-state index contributed by atoms with van der Waals surface area (Å²) in [4.78, 5) is 8.68. The fourth-order valence-corrected chi connectivity index (χ4v) is 2.37. The summed E-state index contributed by atoms with van der Waals surface area (Å²) >= 11 is 0. The number of pyridine rings is 1. The van der Waals surface area contributed by atoms with E-state index in [1.165, 1.54) is 5.69 Å². The number of nitrogens with zero attached hydrogens (tertiary/aromatic N) is 3. The Morgan fingerprint density at radius 1 is 1.20 bits per heavy atom. The van der Waals surface area contributed by atoms with E-state index in [1.807, 2.05) is 24.8 Å². The van der Waals surface area contributed by atoms with Gasteiger partial charge in [-0.05, 0) is 18.6 Å². The van der Waals surface area contributed by atoms with Crippen LogP contribution in [-0.2, 0) is 13.1 Å². The summed E-state index contributed by atoms with van der Waals surface area (Å²) in [6.45, 7) is 3.94. The van der Waals surface area contributed by atoms with Crippen LogP contribution in [0.2, 0.25) is 0 Å². The summed E-state index contributed by atoms with van der Waals surface area (Å²) in [6, 6.07) is 10.2. The predicted octanol–water partition coefficient (Wildman–Crippen LogP) is 3.45. The maximum absolute atomic E-state index is 4.45. The van der Waals surface area contributed by atoms with Crippen LogP contribution in [-0.4, -0.2) is 14.5 Å². The average Bonchev–Trinajstić information content (AvgIpc) is 2.93. The number of aromatic nitrogens is 3. The lowest BCUT2D eigenvalue weighted by Crippen LogP contribution is -2.07. The molecule has 0 fully saturated rings. The van der Waals surface area contributed by atoms with Crippen molar-refractivity contribution >= 4 is 16.6 Å². The van der Waals surface area contributed by atoms with E-state index in [-0.39, 0.29) is 0 Å². The number of rotatable bonds is 5. The van der Waals surface area contributed by atoms with E-state index in [0.717, 1.165) is 36.1 Å². The van der Waals surface area contributed by atoms with Gasteiger partial charge >= 0.3 is 0 Å². The average molecular weight is 266 g/mol. The second-order valence-corrected chi connectivity index (χ2v) is 4.81. The molecule has 3 aromatic rings. The fourth-order valence-electron chi connectivity index (χ4n) is 2.37. The van der Waals surface area contributed by atoms with E-state index >= 15 is 0 Å². The van der Waals surface area contributed by atoms with E-state index in [0.29, 0.717) is 0 Å². The first-order valence-corrected chi connectivity index (χ1v) is 6.95. The minimum absolute atomic E-state index is 0.760. The molecule has 0 aliphatic carbocycles. The van der Waals surface area contributed by atoms with Gasteiger partial charge in [0.05, 0.1) is 29.8 Å². The molecule has 20 heavy (non-hydrogen) atoms. The first kappa shape index (κ1) is 12.7. The Morgan fingerprint density at radius 3 is 3.00 bits per heavy atom. The third-order valence-corrected chi connectivity index (χ3v) is 3.36. The second-order valence-electron chi connectivity index (χ2n) is 4.81. The zero-order chi connectivity index (χ0) is 13.8. The van der Waals surface area contributed by atoms with Crippen molar-refractivity contribution in [3.05, 3.63) is 54.7 Å². The van der Waals surface area contributed by atoms with Gasteiger partial charge in [-0.15, -0.1) is 0 Å². The van der Waals surface area contributed by atoms with Crippen LogP contribution in [0.15, 0.2) is 49.1 Å². The van der Waals surface area contributed by atoms with Crippen LogP contribution in [0.4, 0.5) is 5.69 Å². The lowest BCUT2D eigenvalue weighted by Gasteiger charge is -2.10. The largest absolute Gasteiger partial charge is 0.378 e. The van der Waals surface area contributed by atoms with Gasteiger partial charge in [-0.2, -0.15) is 0 Å². The summed E-state index contributed by atoms with van der Waals surface area (Å²) in [5, 5.41) is 4.62. The Hall–Kier alpha value is -2.36. The summed E-state index contributed by atoms with van der Waals surface area (Å²) in [5.74, 6) is 0. The Balaban J connectivity index is 1.81. The number of nitrogens with one attached hydrogen (secondary N) is 1. The zero-order valence-corrected chi connectivity index (χ0v) is 11.6. The summed E-state index contributed by atoms with van der Waals surface area (Å²) < 4.78 is 2.19. The number of fused-ring (bicyclic) bond motifs is 1. The monoisotopic (exact) mass is 266 g/mol. The fraction of sp³-hybridized carbons (Fsp3) is 0.250. The highest BCUT2D eigenvalue weighted by atomic mass is 15.1. The molecule has 0 unspecified atom stereocenters. The van der Waals surface area contributed by atoms with E-state index in [1.54, 1.807) is 0 Å². The maximum Gasteiger partial charge on any atom is 0.0948 e. The van der Waals surface area contributed by atoms with Gasteiger partial charge in [0.25, 0.3) is 0 Å². The molecule has 0 aliphatic rings. The Bertz CT molecular complexity index is 697. The quantitative estimate of drug-likeness (QED) is 0.769. The van der Waals surface area contributed by atoms with Crippen molar-refractivity contribution in [2.75, 3.05) is 5.32 Å². The number of para-hydroxylation sites is 1. The van der Waals surface area contributed by atoms with Crippen molar-refractivity contribution < 1.29 is 0 Å². The van der Waals surface area contributed by atoms with E-state index in [2.05, 4.69) is 51.0 Å². The molecule has 4 heteroatoms. The van der Waals surface area contributed by atoms with Crippen LogP contribution in [0.25, 0.3) is 10.9 Å². The second kappa shape index (κ2) is 5.74. The number of hydrogen-bond donors (Lipinski definition) is 1. The van der Waals surface area contributed by atoms with Crippen molar-refractivity contribution in [1.82, 2.24) is 14.5 Å². The first-order chi connectivity index (χ1) is 9.88. The molecule has 4 nitrogen and oxygen atoms in total. The zero-order valence-electron chi connectivity index (χ0n) is 11.6. The molecule has 0 spiro atoms. The van der Waals surface area contributed by atoms with Crippen molar-refractivity contribution in [3.8, 4) is 0 Å². The molecule has 2 aromatic heterocycles. The number of aryl methyl sites for hydroxylation is 1. The van der Waals surface area contributed by atoms with E-state index in [4.69, 9.17) is 0 Å². The molecule has 1 N–H and O–H groups in total. The molecule has 0 amide bonds. The predicted molar refractivity (Wildman–Crippen MR) is 81.6 cm³/mol. The van der Waals surface area contributed by atoms with Gasteiger partial charge in [-0.3, -0.25) is 4.98 Å². The Labute approximate surface area is 118 Å². The lowest BCUT2D eigenvalue weighted by atomic mass is 10.2. The van der Waals surface area contributed by atoms with Crippen molar-refractivity contribution in [2.24, 2.45) is 0 Å². The molecule has 2 heterocycles. The lowest BCUT2D eigenvalue weighted by molar-refractivity contribution is 0.651. The van der Waals surface area contributed by atoms with Crippen LogP contribution in [0, 0.1) is 0 Å². The van der Waals surface area contributed by atoms with Gasteiger partial charge in [0.2, 0.25) is 0 Å². The normalized spacial score (nSPS) is 10.8. The number of imidazole rings is 1. The molecule has 0 atom stereocenters. The van der Waals surface area contributed by atoms with Gasteiger partial charge in [0, 0.05) is 24.3 Å². The molecule has 0 bridgehead atoms. The molecule has 3 rings (SSSR count). The highest BCUT2D eigenvalue weighted by Crippen LogP contribution is 2.21. The smallest absolute Gasteiger partial charge is 0.0948 e. The van der Waals surface area contributed by atoms with Crippen molar-refractivity contribution in [2.45, 2.75) is 26.4 Å². The Morgan fingerprint density at radius 2 is 2.10 bits per heavy atom. The van der Waals surface area contributed by atoms with Gasteiger partial charge in [-0.1, -0.05) is 25.1 Å². The number of hydrogen-bond acceptors (Lipinski definition) is 3. The van der Waals surface area contributed by atoms with Crippen LogP contribution in [0.1, 0.15) is 19.0 Å². The van der Waals surface area contributed by atoms with Gasteiger partial charge in [0.1, 0.15) is 0 Å². The molecule has 0 saturated carbocycles. The maximum atomic E-state index is 4.45. The highest BCUT2D eigenvalue weighted by Gasteiger charge is 2.04. The SMILES string of the molecule is CCCn1cncc1CNc1cccc2cccnc12. The summed E-state index contributed by atoms with van der Waals surface area (Å²) in [7, 11) is 0. The van der Waals surface area contributed by atoms with Crippen molar-refractivity contribution in [3.63, 3.8) is 0 Å². The molecular weight excluding hydrogens is 248 g/mol. The molecule has 0 aliphatic heterocycles. The third kappa shape index (κ3) is 2.50. The minimum Gasteiger partial charge on any atom is -0.378 e. The summed E-state index contributed by atoms with van der Waals surface area (Å²) in [5.41, 5.74) is 3.27. The van der Waals surface area contributed by atoms with Crippen LogP contribution in [0.3, 0.4) is 0 Å². The minimum atomic E-state index is 0.760. The van der Waals surface area contributed by atoms with Crippen LogP contribution < -0.4 is 5.32 Å². The highest BCUT2D eigenvalue weighted by molar-refractivity contribution is 5.90. The standard InChI is InChI=1S/C16H18N4/c1-2-9-20-12-17-10-14(20)11-19-15-7-3-5-13-6-4-8-18-16(13)15/h3-8,10,12,19H,2,9,11H2,1H3. The molecular formula is C16H18N4. The van der Waals surface area contributed by atoms with Gasteiger partial charge < -0.3 is 9.88 Å². The molecule has 102 valence electrons. The molecule has 0 saturated heterocycles. The first-order valence-electron chi connectivity index (χ1n) is 6.95. The molecule has 0 radical (unpaired) electrons.